The number of hydrogen-bond donors (Lipinski definition) is 1. The molecule has 22 heavy (non-hydrogen) atoms. The first-order valence-corrected chi connectivity index (χ1v) is 8.07. The maximum absolute atomic E-state index is 12.4. The SMILES string of the molecule is Cc1cnc(C)c(N2CCC(C(=O)NC3CCOCC3)C2)n1. The second kappa shape index (κ2) is 6.60. The monoisotopic (exact) mass is 304 g/mol. The van der Waals surface area contributed by atoms with Gasteiger partial charge in [-0.05, 0) is 33.1 Å². The Morgan fingerprint density at radius 1 is 1.32 bits per heavy atom. The van der Waals surface area contributed by atoms with Gasteiger partial charge in [0.15, 0.2) is 0 Å². The van der Waals surface area contributed by atoms with E-state index in [1.165, 1.54) is 0 Å². The molecule has 2 aliphatic heterocycles. The lowest BCUT2D eigenvalue weighted by Gasteiger charge is -2.25. The molecule has 2 saturated heterocycles. The van der Waals surface area contributed by atoms with Crippen molar-refractivity contribution in [2.75, 3.05) is 31.2 Å². The molecule has 1 N–H and O–H groups in total. The van der Waals surface area contributed by atoms with Crippen molar-refractivity contribution in [3.05, 3.63) is 17.6 Å². The van der Waals surface area contributed by atoms with Gasteiger partial charge < -0.3 is 15.0 Å². The van der Waals surface area contributed by atoms with E-state index in [0.717, 1.165) is 62.8 Å². The summed E-state index contributed by atoms with van der Waals surface area (Å²) in [6.07, 6.45) is 4.50. The molecular formula is C16H24N4O2. The van der Waals surface area contributed by atoms with Crippen LogP contribution in [0.3, 0.4) is 0 Å². The highest BCUT2D eigenvalue weighted by Crippen LogP contribution is 2.24. The summed E-state index contributed by atoms with van der Waals surface area (Å²) >= 11 is 0. The molecule has 120 valence electrons. The van der Waals surface area contributed by atoms with Crippen molar-refractivity contribution < 1.29 is 9.53 Å². The molecule has 0 spiro atoms. The molecule has 1 unspecified atom stereocenters. The quantitative estimate of drug-likeness (QED) is 0.909. The van der Waals surface area contributed by atoms with Gasteiger partial charge in [-0.25, -0.2) is 4.98 Å². The summed E-state index contributed by atoms with van der Waals surface area (Å²) in [4.78, 5) is 23.6. The largest absolute Gasteiger partial charge is 0.381 e. The Bertz CT molecular complexity index is 543. The number of rotatable bonds is 3. The summed E-state index contributed by atoms with van der Waals surface area (Å²) in [6.45, 7) is 7.01. The Balaban J connectivity index is 1.59. The van der Waals surface area contributed by atoms with E-state index >= 15 is 0 Å². The van der Waals surface area contributed by atoms with Gasteiger partial charge in [0.05, 0.1) is 17.3 Å². The average molecular weight is 304 g/mol. The molecule has 1 aromatic heterocycles. The molecule has 0 bridgehead atoms. The van der Waals surface area contributed by atoms with E-state index in [1.54, 1.807) is 6.20 Å². The van der Waals surface area contributed by atoms with E-state index in [0.29, 0.717) is 0 Å². The van der Waals surface area contributed by atoms with Crippen LogP contribution in [0.25, 0.3) is 0 Å². The molecular weight excluding hydrogens is 280 g/mol. The first-order valence-electron chi connectivity index (χ1n) is 8.07. The number of ether oxygens (including phenoxy) is 1. The van der Waals surface area contributed by atoms with Crippen LogP contribution in [0.5, 0.6) is 0 Å². The van der Waals surface area contributed by atoms with E-state index in [-0.39, 0.29) is 17.9 Å². The Morgan fingerprint density at radius 3 is 2.86 bits per heavy atom. The fraction of sp³-hybridized carbons (Fsp3) is 0.688. The summed E-state index contributed by atoms with van der Waals surface area (Å²) in [5, 5.41) is 3.18. The van der Waals surface area contributed by atoms with Gasteiger partial charge in [-0.3, -0.25) is 9.78 Å². The normalized spacial score (nSPS) is 22.8. The number of nitrogens with zero attached hydrogens (tertiary/aromatic N) is 3. The first kappa shape index (κ1) is 15.2. The zero-order chi connectivity index (χ0) is 15.5. The standard InChI is InChI=1S/C16H24N4O2/c1-11-9-17-12(2)15(18-11)20-6-3-13(10-20)16(21)19-14-4-7-22-8-5-14/h9,13-14H,3-8,10H2,1-2H3,(H,19,21). The molecule has 1 aromatic rings. The van der Waals surface area contributed by atoms with Gasteiger partial charge in [0.25, 0.3) is 0 Å². The summed E-state index contributed by atoms with van der Waals surface area (Å²) in [7, 11) is 0. The molecule has 6 nitrogen and oxygen atoms in total. The van der Waals surface area contributed by atoms with E-state index in [2.05, 4.69) is 20.2 Å². The van der Waals surface area contributed by atoms with Crippen LogP contribution in [-0.4, -0.2) is 48.2 Å². The van der Waals surface area contributed by atoms with E-state index in [1.807, 2.05) is 13.8 Å². The smallest absolute Gasteiger partial charge is 0.225 e. The Labute approximate surface area is 131 Å². The molecule has 3 heterocycles. The first-order chi connectivity index (χ1) is 10.6. The summed E-state index contributed by atoms with van der Waals surface area (Å²) in [6, 6.07) is 0.274. The Kier molecular flexibility index (Phi) is 4.57. The van der Waals surface area contributed by atoms with Crippen molar-refractivity contribution in [1.29, 1.82) is 0 Å². The number of nitrogens with one attached hydrogen (secondary N) is 1. The second-order valence-corrected chi connectivity index (χ2v) is 6.25. The summed E-state index contributed by atoms with van der Waals surface area (Å²) in [5.74, 6) is 1.14. The molecule has 2 aliphatic rings. The van der Waals surface area contributed by atoms with Crippen LogP contribution in [0.15, 0.2) is 6.20 Å². The highest BCUT2D eigenvalue weighted by atomic mass is 16.5. The zero-order valence-corrected chi connectivity index (χ0v) is 13.3. The molecule has 6 heteroatoms. The number of carbonyl (C=O) groups excluding carboxylic acids is 1. The van der Waals surface area contributed by atoms with Gasteiger partial charge in [-0.1, -0.05) is 0 Å². The van der Waals surface area contributed by atoms with Crippen molar-refractivity contribution >= 4 is 11.7 Å². The lowest BCUT2D eigenvalue weighted by molar-refractivity contribution is -0.125. The fourth-order valence-electron chi connectivity index (χ4n) is 3.15. The zero-order valence-electron chi connectivity index (χ0n) is 13.3. The number of aromatic nitrogens is 2. The van der Waals surface area contributed by atoms with Crippen molar-refractivity contribution in [2.45, 2.75) is 39.2 Å². The number of hydrogen-bond acceptors (Lipinski definition) is 5. The number of amides is 1. The van der Waals surface area contributed by atoms with Gasteiger partial charge in [-0.15, -0.1) is 0 Å². The summed E-state index contributed by atoms with van der Waals surface area (Å²) in [5.41, 5.74) is 1.84. The molecule has 3 rings (SSSR count). The van der Waals surface area contributed by atoms with Crippen LogP contribution < -0.4 is 10.2 Å². The lowest BCUT2D eigenvalue weighted by Crippen LogP contribution is -2.42. The van der Waals surface area contributed by atoms with E-state index in [4.69, 9.17) is 4.74 Å². The Hall–Kier alpha value is -1.69. The average Bonchev–Trinajstić information content (AvgIpc) is 3.00. The maximum atomic E-state index is 12.4. The van der Waals surface area contributed by atoms with Crippen LogP contribution in [0.1, 0.15) is 30.7 Å². The molecule has 0 radical (unpaired) electrons. The Morgan fingerprint density at radius 2 is 2.09 bits per heavy atom. The van der Waals surface area contributed by atoms with Gasteiger partial charge in [0.2, 0.25) is 5.91 Å². The maximum Gasteiger partial charge on any atom is 0.225 e. The summed E-state index contributed by atoms with van der Waals surface area (Å²) < 4.78 is 5.33. The second-order valence-electron chi connectivity index (χ2n) is 6.25. The molecule has 1 amide bonds. The highest BCUT2D eigenvalue weighted by molar-refractivity contribution is 5.80. The molecule has 0 aromatic carbocycles. The lowest BCUT2D eigenvalue weighted by atomic mass is 10.1. The van der Waals surface area contributed by atoms with Crippen LogP contribution in [-0.2, 0) is 9.53 Å². The predicted octanol–water partition coefficient (Wildman–Crippen LogP) is 1.21. The molecule has 2 fully saturated rings. The molecule has 0 aliphatic carbocycles. The topological polar surface area (TPSA) is 67.4 Å². The predicted molar refractivity (Wildman–Crippen MR) is 83.8 cm³/mol. The number of carbonyl (C=O) groups is 1. The molecule has 1 atom stereocenters. The van der Waals surface area contributed by atoms with Gasteiger partial charge in [0.1, 0.15) is 5.82 Å². The number of anilines is 1. The minimum atomic E-state index is 0.0459. The minimum Gasteiger partial charge on any atom is -0.381 e. The van der Waals surface area contributed by atoms with Gasteiger partial charge >= 0.3 is 0 Å². The number of aryl methyl sites for hydroxylation is 2. The minimum absolute atomic E-state index is 0.0459. The van der Waals surface area contributed by atoms with Crippen molar-refractivity contribution in [2.24, 2.45) is 5.92 Å². The van der Waals surface area contributed by atoms with Crippen molar-refractivity contribution in [3.63, 3.8) is 0 Å². The third-order valence-electron chi connectivity index (χ3n) is 4.48. The van der Waals surface area contributed by atoms with Crippen LogP contribution in [0.2, 0.25) is 0 Å². The van der Waals surface area contributed by atoms with Crippen molar-refractivity contribution in [3.8, 4) is 0 Å². The third-order valence-corrected chi connectivity index (χ3v) is 4.48. The highest BCUT2D eigenvalue weighted by Gasteiger charge is 2.31. The van der Waals surface area contributed by atoms with Crippen LogP contribution >= 0.6 is 0 Å². The van der Waals surface area contributed by atoms with Crippen molar-refractivity contribution in [1.82, 2.24) is 15.3 Å². The third kappa shape index (κ3) is 3.38. The van der Waals surface area contributed by atoms with Gasteiger partial charge in [-0.2, -0.15) is 0 Å². The molecule has 0 saturated carbocycles. The van der Waals surface area contributed by atoms with E-state index < -0.39 is 0 Å². The van der Waals surface area contributed by atoms with E-state index in [9.17, 15) is 4.79 Å². The van der Waals surface area contributed by atoms with Gasteiger partial charge in [0, 0.05) is 38.5 Å². The fourth-order valence-corrected chi connectivity index (χ4v) is 3.15. The van der Waals surface area contributed by atoms with Crippen LogP contribution in [0.4, 0.5) is 5.82 Å². The van der Waals surface area contributed by atoms with Crippen LogP contribution in [0, 0.1) is 19.8 Å².